The van der Waals surface area contributed by atoms with Crippen LogP contribution in [0.4, 0.5) is 22.0 Å². The normalized spacial score (nSPS) is 17.1. The van der Waals surface area contributed by atoms with Crippen molar-refractivity contribution in [1.29, 1.82) is 5.26 Å². The Kier molecular flexibility index (Phi) is 5.76. The first kappa shape index (κ1) is 19.4. The van der Waals surface area contributed by atoms with Crippen molar-refractivity contribution in [3.63, 3.8) is 0 Å². The molecular formula is C21H25FN6O. The third-order valence-electron chi connectivity index (χ3n) is 5.45. The van der Waals surface area contributed by atoms with E-state index in [9.17, 15) is 9.65 Å². The molecule has 1 aromatic carbocycles. The van der Waals surface area contributed by atoms with E-state index >= 15 is 0 Å². The number of nitrogens with zero attached hydrogens (tertiary/aromatic N) is 4. The van der Waals surface area contributed by atoms with Gasteiger partial charge < -0.3 is 20.6 Å². The Hall–Kier alpha value is -2.92. The number of aromatic nitrogens is 2. The van der Waals surface area contributed by atoms with E-state index in [1.807, 2.05) is 12.1 Å². The second-order valence-electron chi connectivity index (χ2n) is 7.59. The van der Waals surface area contributed by atoms with Crippen LogP contribution in [0.25, 0.3) is 0 Å². The molecule has 4 rings (SSSR count). The van der Waals surface area contributed by atoms with Crippen molar-refractivity contribution in [1.82, 2.24) is 9.97 Å². The number of hydrogen-bond acceptors (Lipinski definition) is 7. The van der Waals surface area contributed by atoms with E-state index in [1.54, 1.807) is 0 Å². The van der Waals surface area contributed by atoms with Crippen molar-refractivity contribution in [3.05, 3.63) is 41.2 Å². The van der Waals surface area contributed by atoms with Crippen LogP contribution in [0.2, 0.25) is 0 Å². The van der Waals surface area contributed by atoms with Gasteiger partial charge in [0.25, 0.3) is 0 Å². The highest BCUT2D eigenvalue weighted by Gasteiger charge is 2.27. The second-order valence-corrected chi connectivity index (χ2v) is 7.59. The Morgan fingerprint density at radius 3 is 2.48 bits per heavy atom. The summed E-state index contributed by atoms with van der Waals surface area (Å²) >= 11 is 0. The van der Waals surface area contributed by atoms with Crippen LogP contribution in [0.15, 0.2) is 24.3 Å². The number of nitriles is 1. The number of nitrogens with one attached hydrogen (secondary N) is 2. The van der Waals surface area contributed by atoms with Crippen LogP contribution in [0, 0.1) is 17.1 Å². The molecule has 1 saturated heterocycles. The molecule has 1 aromatic heterocycles. The van der Waals surface area contributed by atoms with Gasteiger partial charge in [-0.15, -0.1) is 0 Å². The zero-order chi connectivity index (χ0) is 20.2. The minimum absolute atomic E-state index is 0.0430. The fraction of sp³-hybridized carbons (Fsp3) is 0.476. The molecule has 3 N–H and O–H groups in total. The third kappa shape index (κ3) is 4.57. The van der Waals surface area contributed by atoms with Crippen LogP contribution in [0.5, 0.6) is 0 Å². The smallest absolute Gasteiger partial charge is 0.226 e. The van der Waals surface area contributed by atoms with Gasteiger partial charge in [0.1, 0.15) is 17.4 Å². The molecule has 0 bridgehead atoms. The molecule has 2 aliphatic rings. The lowest BCUT2D eigenvalue weighted by Crippen LogP contribution is -2.34. The molecule has 2 aromatic rings. The lowest BCUT2D eigenvalue weighted by Gasteiger charge is -2.33. The van der Waals surface area contributed by atoms with Crippen molar-refractivity contribution in [2.24, 2.45) is 0 Å². The van der Waals surface area contributed by atoms with E-state index in [4.69, 9.17) is 5.11 Å². The van der Waals surface area contributed by atoms with Gasteiger partial charge in [-0.1, -0.05) is 12.1 Å². The van der Waals surface area contributed by atoms with Gasteiger partial charge in [-0.2, -0.15) is 15.2 Å². The van der Waals surface area contributed by atoms with Crippen LogP contribution in [0.3, 0.4) is 0 Å². The molecule has 1 saturated carbocycles. The highest BCUT2D eigenvalue weighted by atomic mass is 19.1. The van der Waals surface area contributed by atoms with Crippen LogP contribution in [0.1, 0.15) is 42.7 Å². The molecule has 0 spiro atoms. The van der Waals surface area contributed by atoms with E-state index in [1.165, 1.54) is 12.1 Å². The topological polar surface area (TPSA) is 97.1 Å². The van der Waals surface area contributed by atoms with Crippen LogP contribution >= 0.6 is 0 Å². The first-order valence-electron chi connectivity index (χ1n) is 10.1. The van der Waals surface area contributed by atoms with Gasteiger partial charge >= 0.3 is 0 Å². The lowest BCUT2D eigenvalue weighted by atomic mass is 9.89. The van der Waals surface area contributed by atoms with Crippen LogP contribution in [-0.4, -0.2) is 47.4 Å². The summed E-state index contributed by atoms with van der Waals surface area (Å²) < 4.78 is 13.2. The van der Waals surface area contributed by atoms with Crippen molar-refractivity contribution < 1.29 is 9.50 Å². The van der Waals surface area contributed by atoms with Gasteiger partial charge in [0, 0.05) is 25.7 Å². The predicted octanol–water partition coefficient (Wildman–Crippen LogP) is 2.85. The van der Waals surface area contributed by atoms with Crippen molar-refractivity contribution in [2.75, 3.05) is 41.8 Å². The maximum atomic E-state index is 13.2. The summed E-state index contributed by atoms with van der Waals surface area (Å²) in [7, 11) is 0. The number of aliphatic hydroxyl groups is 1. The second kappa shape index (κ2) is 8.62. The third-order valence-corrected chi connectivity index (χ3v) is 5.45. The predicted molar refractivity (Wildman–Crippen MR) is 110 cm³/mol. The summed E-state index contributed by atoms with van der Waals surface area (Å²) in [6.07, 6.45) is 4.01. The summed E-state index contributed by atoms with van der Waals surface area (Å²) in [5.41, 5.74) is 1.55. The average Bonchev–Trinajstić information content (AvgIpc) is 3.56. The van der Waals surface area contributed by atoms with Crippen molar-refractivity contribution >= 4 is 17.6 Å². The molecule has 0 unspecified atom stereocenters. The molecule has 1 aliphatic carbocycles. The molecule has 7 nitrogen and oxygen atoms in total. The summed E-state index contributed by atoms with van der Waals surface area (Å²) in [4.78, 5) is 11.2. The van der Waals surface area contributed by atoms with Crippen LogP contribution in [-0.2, 0) is 0 Å². The summed E-state index contributed by atoms with van der Waals surface area (Å²) in [6, 6.07) is 9.36. The van der Waals surface area contributed by atoms with Gasteiger partial charge in [0.05, 0.1) is 6.61 Å². The maximum Gasteiger partial charge on any atom is 0.226 e. The number of halogens is 1. The minimum atomic E-state index is -0.218. The highest BCUT2D eigenvalue weighted by molar-refractivity contribution is 5.68. The number of anilines is 3. The molecule has 8 heteroatoms. The number of benzene rings is 1. The molecule has 2 fully saturated rings. The Labute approximate surface area is 169 Å². The summed E-state index contributed by atoms with van der Waals surface area (Å²) in [5, 5.41) is 25.3. The number of rotatable bonds is 7. The van der Waals surface area contributed by atoms with E-state index < -0.39 is 0 Å². The fourth-order valence-corrected chi connectivity index (χ4v) is 3.72. The van der Waals surface area contributed by atoms with E-state index in [0.29, 0.717) is 41.7 Å². The molecule has 0 radical (unpaired) electrons. The van der Waals surface area contributed by atoms with Gasteiger partial charge in [-0.05, 0) is 49.3 Å². The Morgan fingerprint density at radius 2 is 1.86 bits per heavy atom. The number of hydrogen-bond donors (Lipinski definition) is 3. The number of aliphatic hydroxyl groups excluding tert-OH is 1. The summed E-state index contributed by atoms with van der Waals surface area (Å²) in [6.45, 7) is 1.80. The quantitative estimate of drug-likeness (QED) is 0.662. The van der Waals surface area contributed by atoms with Crippen molar-refractivity contribution in [2.45, 2.75) is 37.6 Å². The monoisotopic (exact) mass is 396 g/mol. The van der Waals surface area contributed by atoms with Gasteiger partial charge in [-0.25, -0.2) is 4.39 Å². The Morgan fingerprint density at radius 1 is 1.14 bits per heavy atom. The molecule has 29 heavy (non-hydrogen) atoms. The van der Waals surface area contributed by atoms with Gasteiger partial charge in [0.15, 0.2) is 11.6 Å². The van der Waals surface area contributed by atoms with E-state index in [-0.39, 0.29) is 12.4 Å². The molecular weight excluding hydrogens is 371 g/mol. The van der Waals surface area contributed by atoms with Crippen LogP contribution < -0.4 is 15.5 Å². The van der Waals surface area contributed by atoms with Gasteiger partial charge in [-0.3, -0.25) is 0 Å². The average molecular weight is 396 g/mol. The molecule has 2 heterocycles. The standard InChI is InChI=1S/C21H25FN6O/c22-16-3-1-14(2-4-16)15-7-10-28(11-8-15)20-18(13-23)19(24-9-12-29)26-21(27-20)25-17-5-6-17/h1-4,15,17,29H,5-12H2,(H2,24,25,26,27). The van der Waals surface area contributed by atoms with Gasteiger partial charge in [0.2, 0.25) is 5.95 Å². The first-order chi connectivity index (χ1) is 14.2. The zero-order valence-corrected chi connectivity index (χ0v) is 16.2. The van der Waals surface area contributed by atoms with E-state index in [2.05, 4.69) is 31.6 Å². The summed E-state index contributed by atoms with van der Waals surface area (Å²) in [5.74, 6) is 1.75. The highest BCUT2D eigenvalue weighted by Crippen LogP contribution is 2.34. The maximum absolute atomic E-state index is 13.2. The first-order valence-corrected chi connectivity index (χ1v) is 10.1. The SMILES string of the molecule is N#Cc1c(NCCO)nc(NC2CC2)nc1N1CCC(c2ccc(F)cc2)CC1. The molecule has 0 amide bonds. The zero-order valence-electron chi connectivity index (χ0n) is 16.2. The largest absolute Gasteiger partial charge is 0.395 e. The number of piperidine rings is 1. The van der Waals surface area contributed by atoms with Crippen molar-refractivity contribution in [3.8, 4) is 6.07 Å². The van der Waals surface area contributed by atoms with E-state index in [0.717, 1.165) is 44.3 Å². The Balaban J connectivity index is 1.55. The Bertz CT molecular complexity index is 885. The minimum Gasteiger partial charge on any atom is -0.395 e. The lowest BCUT2D eigenvalue weighted by molar-refractivity contribution is 0.311. The molecule has 152 valence electrons. The fourth-order valence-electron chi connectivity index (χ4n) is 3.72. The molecule has 1 aliphatic heterocycles. The molecule has 0 atom stereocenters.